The van der Waals surface area contributed by atoms with Gasteiger partial charge in [-0.15, -0.1) is 0 Å². The molecule has 1 aromatic carbocycles. The van der Waals surface area contributed by atoms with E-state index in [1.165, 1.54) is 6.07 Å². The van der Waals surface area contributed by atoms with Crippen molar-refractivity contribution in [3.63, 3.8) is 0 Å². The predicted molar refractivity (Wildman–Crippen MR) is 113 cm³/mol. The van der Waals surface area contributed by atoms with E-state index in [9.17, 15) is 19.2 Å². The van der Waals surface area contributed by atoms with Crippen LogP contribution in [0.5, 0.6) is 0 Å². The number of hydrogen-bond donors (Lipinski definition) is 1. The molecule has 2 unspecified atom stereocenters. The first-order valence-electron chi connectivity index (χ1n) is 11.1. The summed E-state index contributed by atoms with van der Waals surface area (Å²) >= 11 is 0. The van der Waals surface area contributed by atoms with Crippen molar-refractivity contribution in [3.05, 3.63) is 35.1 Å². The van der Waals surface area contributed by atoms with Gasteiger partial charge >= 0.3 is 0 Å². The molecule has 5 atom stereocenters. The van der Waals surface area contributed by atoms with E-state index in [1.807, 2.05) is 23.8 Å². The van der Waals surface area contributed by atoms with Crippen molar-refractivity contribution < 1.29 is 14.0 Å². The smallest absolute Gasteiger partial charge is 0.241 e. The van der Waals surface area contributed by atoms with Crippen LogP contribution in [0.2, 0.25) is 0 Å². The molecule has 166 valence electrons. The molecule has 2 heterocycles. The Labute approximate surface area is 182 Å². The van der Waals surface area contributed by atoms with Crippen LogP contribution >= 0.6 is 0 Å². The van der Waals surface area contributed by atoms with Crippen LogP contribution in [0, 0.1) is 17.1 Å². The molecule has 0 bridgehead atoms. The Morgan fingerprint density at radius 1 is 1.42 bits per heavy atom. The number of likely N-dealkylation sites (N-methyl/N-ethyl adjacent to an activating group) is 1. The van der Waals surface area contributed by atoms with Gasteiger partial charge in [-0.2, -0.15) is 5.26 Å². The number of fused-ring (bicyclic) bond motifs is 1. The number of hydrogen-bond acceptors (Lipinski definition) is 5. The first-order valence-corrected chi connectivity index (χ1v) is 11.1. The van der Waals surface area contributed by atoms with Gasteiger partial charge in [-0.3, -0.25) is 14.5 Å². The van der Waals surface area contributed by atoms with Gasteiger partial charge in [0, 0.05) is 19.1 Å². The largest absolute Gasteiger partial charge is 0.331 e. The minimum Gasteiger partial charge on any atom is -0.331 e. The third-order valence-corrected chi connectivity index (χ3v) is 7.08. The van der Waals surface area contributed by atoms with E-state index in [0.29, 0.717) is 19.4 Å². The minimum absolute atomic E-state index is 0.0345. The van der Waals surface area contributed by atoms with Crippen molar-refractivity contribution >= 4 is 11.8 Å². The summed E-state index contributed by atoms with van der Waals surface area (Å²) in [5.74, 6) is -0.431. The summed E-state index contributed by atoms with van der Waals surface area (Å²) < 4.78 is 13.6. The SMILES string of the molecule is C[C@@H]1CC(N(C)CC(N)C(=O)N2CCC[C@H]2C#N)C(=O)N1[C@H]1CCc2cc(F)ccc21. The molecule has 0 aromatic heterocycles. The fourth-order valence-corrected chi connectivity index (χ4v) is 5.50. The standard InChI is InChI=1S/C23H30FN5O2/c1-14-10-21(27(2)13-19(26)22(30)28-9-3-4-17(28)12-25)23(31)29(14)20-8-5-15-11-16(24)6-7-18(15)20/h6-7,11,14,17,19-21H,3-5,8-10,13,26H2,1-2H3/t14-,17+,19?,20+,21?/m1/s1. The number of carbonyl (C=O) groups excluding carboxylic acids is 2. The molecule has 2 saturated heterocycles. The zero-order chi connectivity index (χ0) is 22.3. The average Bonchev–Trinajstić information content (AvgIpc) is 3.44. The highest BCUT2D eigenvalue weighted by atomic mass is 19.1. The Morgan fingerprint density at radius 2 is 2.19 bits per heavy atom. The van der Waals surface area contributed by atoms with E-state index in [4.69, 9.17) is 5.73 Å². The van der Waals surface area contributed by atoms with Crippen molar-refractivity contribution in [1.29, 1.82) is 5.26 Å². The number of amides is 2. The molecule has 3 aliphatic rings. The van der Waals surface area contributed by atoms with Crippen LogP contribution in [0.15, 0.2) is 18.2 Å². The van der Waals surface area contributed by atoms with Gasteiger partial charge in [0.05, 0.1) is 24.2 Å². The molecule has 1 aliphatic carbocycles. The molecule has 4 rings (SSSR count). The zero-order valence-corrected chi connectivity index (χ0v) is 18.1. The number of nitrogens with two attached hydrogens (primary N) is 1. The zero-order valence-electron chi connectivity index (χ0n) is 18.1. The Bertz CT molecular complexity index is 916. The van der Waals surface area contributed by atoms with Crippen molar-refractivity contribution in [2.24, 2.45) is 5.73 Å². The van der Waals surface area contributed by atoms with Crippen molar-refractivity contribution in [3.8, 4) is 6.07 Å². The predicted octanol–water partition coefficient (Wildman–Crippen LogP) is 1.58. The number of benzene rings is 1. The van der Waals surface area contributed by atoms with Crippen LogP contribution in [-0.2, 0) is 16.0 Å². The number of carbonyl (C=O) groups is 2. The molecular formula is C23H30FN5O2. The van der Waals surface area contributed by atoms with Gasteiger partial charge in [0.2, 0.25) is 11.8 Å². The van der Waals surface area contributed by atoms with E-state index >= 15 is 0 Å². The Balaban J connectivity index is 1.42. The lowest BCUT2D eigenvalue weighted by molar-refractivity contribution is -0.137. The third kappa shape index (κ3) is 3.92. The van der Waals surface area contributed by atoms with Crippen LogP contribution in [-0.4, -0.2) is 70.8 Å². The van der Waals surface area contributed by atoms with Crippen LogP contribution in [0.4, 0.5) is 4.39 Å². The van der Waals surface area contributed by atoms with Gasteiger partial charge in [-0.25, -0.2) is 4.39 Å². The Hall–Kier alpha value is -2.50. The van der Waals surface area contributed by atoms with E-state index in [1.54, 1.807) is 17.0 Å². The van der Waals surface area contributed by atoms with Crippen molar-refractivity contribution in [2.45, 2.75) is 69.2 Å². The maximum atomic E-state index is 13.6. The summed E-state index contributed by atoms with van der Waals surface area (Å²) in [5.41, 5.74) is 8.21. The van der Waals surface area contributed by atoms with Gasteiger partial charge in [0.25, 0.3) is 0 Å². The summed E-state index contributed by atoms with van der Waals surface area (Å²) in [5, 5.41) is 9.24. The molecule has 7 nitrogen and oxygen atoms in total. The highest BCUT2D eigenvalue weighted by Gasteiger charge is 2.45. The van der Waals surface area contributed by atoms with Crippen LogP contribution in [0.1, 0.15) is 49.8 Å². The highest BCUT2D eigenvalue weighted by Crippen LogP contribution is 2.41. The molecular weight excluding hydrogens is 397 g/mol. The second kappa shape index (κ2) is 8.56. The lowest BCUT2D eigenvalue weighted by atomic mass is 10.1. The maximum absolute atomic E-state index is 13.6. The number of halogens is 1. The molecule has 0 radical (unpaired) electrons. The first kappa shape index (κ1) is 21.7. The van der Waals surface area contributed by atoms with E-state index < -0.39 is 12.1 Å². The van der Waals surface area contributed by atoms with Crippen LogP contribution in [0.3, 0.4) is 0 Å². The van der Waals surface area contributed by atoms with Crippen molar-refractivity contribution in [2.75, 3.05) is 20.1 Å². The highest BCUT2D eigenvalue weighted by molar-refractivity contribution is 5.86. The number of nitrogens with zero attached hydrogens (tertiary/aromatic N) is 4. The minimum atomic E-state index is -0.772. The quantitative estimate of drug-likeness (QED) is 0.770. The Kier molecular flexibility index (Phi) is 6.00. The van der Waals surface area contributed by atoms with Crippen LogP contribution in [0.25, 0.3) is 0 Å². The molecule has 2 fully saturated rings. The topological polar surface area (TPSA) is 93.7 Å². The van der Waals surface area contributed by atoms with E-state index in [2.05, 4.69) is 6.07 Å². The summed E-state index contributed by atoms with van der Waals surface area (Å²) in [4.78, 5) is 31.5. The Morgan fingerprint density at radius 3 is 2.94 bits per heavy atom. The second-order valence-corrected chi connectivity index (χ2v) is 9.11. The number of rotatable bonds is 5. The van der Waals surface area contributed by atoms with Crippen LogP contribution < -0.4 is 5.73 Å². The third-order valence-electron chi connectivity index (χ3n) is 7.08. The molecule has 2 amide bonds. The number of likely N-dealkylation sites (tertiary alicyclic amines) is 2. The van der Waals surface area contributed by atoms with Gasteiger partial charge in [-0.1, -0.05) is 6.07 Å². The second-order valence-electron chi connectivity index (χ2n) is 9.11. The monoisotopic (exact) mass is 427 g/mol. The molecule has 1 aromatic rings. The van der Waals surface area contributed by atoms with Gasteiger partial charge in [-0.05, 0) is 69.3 Å². The van der Waals surface area contributed by atoms with Gasteiger partial charge in [0.1, 0.15) is 11.9 Å². The fraction of sp³-hybridized carbons (Fsp3) is 0.609. The van der Waals surface area contributed by atoms with Crippen molar-refractivity contribution in [1.82, 2.24) is 14.7 Å². The molecule has 0 spiro atoms. The van der Waals surface area contributed by atoms with E-state index in [-0.39, 0.29) is 42.3 Å². The molecule has 8 heteroatoms. The van der Waals surface area contributed by atoms with Gasteiger partial charge < -0.3 is 15.5 Å². The summed E-state index contributed by atoms with van der Waals surface area (Å²) in [6.45, 7) is 2.86. The van der Waals surface area contributed by atoms with E-state index in [0.717, 1.165) is 30.4 Å². The summed E-state index contributed by atoms with van der Waals surface area (Å²) in [6, 6.07) is 5.50. The normalized spacial score (nSPS) is 28.8. The number of nitriles is 1. The number of aryl methyl sites for hydroxylation is 1. The molecule has 0 saturated carbocycles. The fourth-order valence-electron chi connectivity index (χ4n) is 5.50. The average molecular weight is 428 g/mol. The first-order chi connectivity index (χ1) is 14.8. The molecule has 31 heavy (non-hydrogen) atoms. The maximum Gasteiger partial charge on any atom is 0.241 e. The molecule has 2 aliphatic heterocycles. The van der Waals surface area contributed by atoms with Gasteiger partial charge in [0.15, 0.2) is 0 Å². The molecule has 2 N–H and O–H groups in total. The lowest BCUT2D eigenvalue weighted by Crippen LogP contribution is -2.52. The lowest BCUT2D eigenvalue weighted by Gasteiger charge is -2.31. The summed E-state index contributed by atoms with van der Waals surface area (Å²) in [6.07, 6.45) is 3.73. The summed E-state index contributed by atoms with van der Waals surface area (Å²) in [7, 11) is 1.83.